The smallest absolute Gasteiger partial charge is 0.251 e. The van der Waals surface area contributed by atoms with Crippen LogP contribution in [0.2, 0.25) is 0 Å². The number of nitrogen functional groups attached to an aromatic ring is 2. The van der Waals surface area contributed by atoms with Crippen molar-refractivity contribution in [1.29, 1.82) is 0 Å². The summed E-state index contributed by atoms with van der Waals surface area (Å²) < 4.78 is 0. The van der Waals surface area contributed by atoms with Gasteiger partial charge in [-0.1, -0.05) is 6.07 Å². The lowest BCUT2D eigenvalue weighted by Crippen LogP contribution is -2.17. The van der Waals surface area contributed by atoms with Gasteiger partial charge in [0.15, 0.2) is 0 Å². The number of primary amides is 1. The molecule has 2 aromatic carbocycles. The quantitative estimate of drug-likeness (QED) is 0.624. The predicted molar refractivity (Wildman–Crippen MR) is 88.4 cm³/mol. The number of hydrogen-bond donors (Lipinski definition) is 4. The number of amides is 2. The monoisotopic (exact) mass is 300 g/mol. The van der Waals surface area contributed by atoms with Gasteiger partial charge in [0.2, 0.25) is 5.91 Å². The van der Waals surface area contributed by atoms with Gasteiger partial charge in [-0.05, 0) is 48.9 Å². The number of nitrogens with one attached hydrogen (secondary N) is 1. The van der Waals surface area contributed by atoms with Crippen LogP contribution in [-0.2, 0) is 0 Å². The summed E-state index contributed by atoms with van der Waals surface area (Å²) in [6, 6.07) is 11.8. The fraction of sp³-hybridized carbons (Fsp3) is 0.125. The van der Waals surface area contributed by atoms with E-state index in [0.717, 1.165) is 5.56 Å². The highest BCUT2D eigenvalue weighted by atomic mass is 16.1. The summed E-state index contributed by atoms with van der Waals surface area (Å²) in [5, 5.41) is 2.52. The summed E-state index contributed by atoms with van der Waals surface area (Å²) in [7, 11) is 1.60. The standard InChI is InChI=1S/2C8H10N2O/c1-10-8(11)6-2-4-7(9)5-3-6;1-5-2-3-6(8(10)11)4-7(5)9/h2-5H,9H2,1H3,(H,10,11);2-4H,9H2,1H3,(H2,10,11). The first-order valence-electron chi connectivity index (χ1n) is 6.58. The van der Waals surface area contributed by atoms with Crippen LogP contribution in [0.5, 0.6) is 0 Å². The van der Waals surface area contributed by atoms with Crippen molar-refractivity contribution in [3.05, 3.63) is 59.2 Å². The number of carbonyl (C=O) groups excluding carboxylic acids is 2. The zero-order chi connectivity index (χ0) is 16.7. The van der Waals surface area contributed by atoms with Gasteiger partial charge in [0, 0.05) is 29.5 Å². The molecule has 2 amide bonds. The molecule has 7 N–H and O–H groups in total. The van der Waals surface area contributed by atoms with Crippen LogP contribution in [0.1, 0.15) is 26.3 Å². The summed E-state index contributed by atoms with van der Waals surface area (Å²) in [6.45, 7) is 1.88. The Bertz CT molecular complexity index is 666. The molecule has 116 valence electrons. The number of nitrogens with two attached hydrogens (primary N) is 3. The van der Waals surface area contributed by atoms with Crippen LogP contribution in [-0.4, -0.2) is 18.9 Å². The molecule has 0 atom stereocenters. The van der Waals surface area contributed by atoms with Crippen molar-refractivity contribution in [1.82, 2.24) is 5.32 Å². The maximum Gasteiger partial charge on any atom is 0.251 e. The number of hydrogen-bond acceptors (Lipinski definition) is 4. The van der Waals surface area contributed by atoms with Gasteiger partial charge >= 0.3 is 0 Å². The van der Waals surface area contributed by atoms with E-state index in [2.05, 4.69) is 5.32 Å². The SMILES string of the molecule is CNC(=O)c1ccc(N)cc1.Cc1ccc(C(N)=O)cc1N. The van der Waals surface area contributed by atoms with E-state index in [4.69, 9.17) is 17.2 Å². The number of benzene rings is 2. The second kappa shape index (κ2) is 7.68. The van der Waals surface area contributed by atoms with Gasteiger partial charge in [0.1, 0.15) is 0 Å². The van der Waals surface area contributed by atoms with Gasteiger partial charge in [-0.3, -0.25) is 9.59 Å². The molecular weight excluding hydrogens is 280 g/mol. The lowest BCUT2D eigenvalue weighted by atomic mass is 10.1. The Kier molecular flexibility index (Phi) is 5.95. The average molecular weight is 300 g/mol. The van der Waals surface area contributed by atoms with E-state index in [1.165, 1.54) is 0 Å². The molecule has 0 spiro atoms. The highest BCUT2D eigenvalue weighted by Crippen LogP contribution is 2.11. The lowest BCUT2D eigenvalue weighted by Gasteiger charge is -2.00. The second-order valence-corrected chi connectivity index (χ2v) is 4.64. The zero-order valence-corrected chi connectivity index (χ0v) is 12.6. The molecule has 2 rings (SSSR count). The Labute approximate surface area is 129 Å². The van der Waals surface area contributed by atoms with Crippen LogP contribution in [0, 0.1) is 6.92 Å². The maximum atomic E-state index is 11.0. The Balaban J connectivity index is 0.000000220. The first kappa shape index (κ1) is 17.0. The van der Waals surface area contributed by atoms with Gasteiger partial charge in [0.05, 0.1) is 0 Å². The minimum atomic E-state index is -0.448. The molecule has 0 saturated carbocycles. The lowest BCUT2D eigenvalue weighted by molar-refractivity contribution is 0.0961. The Morgan fingerprint density at radius 3 is 1.95 bits per heavy atom. The second-order valence-electron chi connectivity index (χ2n) is 4.64. The Hall–Kier alpha value is -3.02. The zero-order valence-electron chi connectivity index (χ0n) is 12.6. The summed E-state index contributed by atoms with van der Waals surface area (Å²) >= 11 is 0. The molecular formula is C16H20N4O2. The van der Waals surface area contributed by atoms with Crippen LogP contribution in [0.15, 0.2) is 42.5 Å². The topological polar surface area (TPSA) is 124 Å². The average Bonchev–Trinajstić information content (AvgIpc) is 2.50. The van der Waals surface area contributed by atoms with Crippen molar-refractivity contribution >= 4 is 23.2 Å². The van der Waals surface area contributed by atoms with Gasteiger partial charge in [-0.25, -0.2) is 0 Å². The molecule has 0 radical (unpaired) electrons. The van der Waals surface area contributed by atoms with E-state index < -0.39 is 5.91 Å². The first-order valence-corrected chi connectivity index (χ1v) is 6.58. The van der Waals surface area contributed by atoms with E-state index in [1.807, 2.05) is 6.92 Å². The third kappa shape index (κ3) is 4.82. The predicted octanol–water partition coefficient (Wildman–Crippen LogP) is 1.30. The molecule has 0 unspecified atom stereocenters. The largest absolute Gasteiger partial charge is 0.399 e. The molecule has 0 fully saturated rings. The van der Waals surface area contributed by atoms with Crippen LogP contribution < -0.4 is 22.5 Å². The van der Waals surface area contributed by atoms with E-state index in [-0.39, 0.29) is 5.91 Å². The molecule has 0 saturated heterocycles. The molecule has 6 nitrogen and oxygen atoms in total. The number of rotatable bonds is 2. The molecule has 6 heteroatoms. The van der Waals surface area contributed by atoms with Crippen molar-refractivity contribution in [3.8, 4) is 0 Å². The normalized spacial score (nSPS) is 9.36. The molecule has 0 aliphatic heterocycles. The molecule has 22 heavy (non-hydrogen) atoms. The van der Waals surface area contributed by atoms with E-state index in [0.29, 0.717) is 22.5 Å². The van der Waals surface area contributed by atoms with Crippen molar-refractivity contribution in [2.24, 2.45) is 5.73 Å². The van der Waals surface area contributed by atoms with Crippen molar-refractivity contribution in [3.63, 3.8) is 0 Å². The maximum absolute atomic E-state index is 11.0. The number of aryl methyl sites for hydroxylation is 1. The first-order chi connectivity index (χ1) is 10.3. The summed E-state index contributed by atoms with van der Waals surface area (Å²) in [5.74, 6) is -0.540. The molecule has 0 aliphatic rings. The van der Waals surface area contributed by atoms with Crippen molar-refractivity contribution in [2.45, 2.75) is 6.92 Å². The van der Waals surface area contributed by atoms with Gasteiger partial charge in [-0.15, -0.1) is 0 Å². The van der Waals surface area contributed by atoms with Crippen LogP contribution in [0.25, 0.3) is 0 Å². The Morgan fingerprint density at radius 2 is 1.50 bits per heavy atom. The summed E-state index contributed by atoms with van der Waals surface area (Å²) in [5.41, 5.74) is 19.3. The Morgan fingerprint density at radius 1 is 0.955 bits per heavy atom. The van der Waals surface area contributed by atoms with Crippen LogP contribution in [0.4, 0.5) is 11.4 Å². The minimum Gasteiger partial charge on any atom is -0.399 e. The molecule has 0 aliphatic carbocycles. The molecule has 0 bridgehead atoms. The molecule has 2 aromatic rings. The van der Waals surface area contributed by atoms with Gasteiger partial charge in [0.25, 0.3) is 5.91 Å². The van der Waals surface area contributed by atoms with Gasteiger partial charge in [-0.2, -0.15) is 0 Å². The summed E-state index contributed by atoms with van der Waals surface area (Å²) in [6.07, 6.45) is 0. The van der Waals surface area contributed by atoms with Gasteiger partial charge < -0.3 is 22.5 Å². The highest BCUT2D eigenvalue weighted by molar-refractivity contribution is 5.94. The molecule has 0 heterocycles. The molecule has 0 aromatic heterocycles. The summed E-state index contributed by atoms with van der Waals surface area (Å²) in [4.78, 5) is 21.6. The van der Waals surface area contributed by atoms with E-state index in [1.54, 1.807) is 49.5 Å². The van der Waals surface area contributed by atoms with Crippen LogP contribution in [0.3, 0.4) is 0 Å². The highest BCUT2D eigenvalue weighted by Gasteiger charge is 2.01. The third-order valence-corrected chi connectivity index (χ3v) is 2.96. The van der Waals surface area contributed by atoms with Crippen LogP contribution >= 0.6 is 0 Å². The van der Waals surface area contributed by atoms with E-state index >= 15 is 0 Å². The van der Waals surface area contributed by atoms with Crippen molar-refractivity contribution in [2.75, 3.05) is 18.5 Å². The third-order valence-electron chi connectivity index (χ3n) is 2.96. The van der Waals surface area contributed by atoms with E-state index in [9.17, 15) is 9.59 Å². The minimum absolute atomic E-state index is 0.0926. The fourth-order valence-electron chi connectivity index (χ4n) is 1.57. The van der Waals surface area contributed by atoms with Crippen molar-refractivity contribution < 1.29 is 9.59 Å². The fourth-order valence-corrected chi connectivity index (χ4v) is 1.57. The number of anilines is 2. The number of carbonyl (C=O) groups is 2.